The minimum Gasteiger partial charge on any atom is -0.762 e. The van der Waals surface area contributed by atoms with E-state index < -0.39 is 22.6 Å². The molecule has 132 valence electrons. The van der Waals surface area contributed by atoms with Crippen LogP contribution in [0.1, 0.15) is 24.4 Å². The van der Waals surface area contributed by atoms with Gasteiger partial charge in [0.1, 0.15) is 0 Å². The number of rotatable bonds is 3. The van der Waals surface area contributed by atoms with E-state index in [0.717, 1.165) is 0 Å². The first-order valence-electron chi connectivity index (χ1n) is 7.87. The van der Waals surface area contributed by atoms with Gasteiger partial charge in [-0.25, -0.2) is 0 Å². The molecule has 3 rings (SSSR count). The van der Waals surface area contributed by atoms with Gasteiger partial charge in [-0.15, -0.1) is 0 Å². The van der Waals surface area contributed by atoms with Crippen molar-refractivity contribution < 1.29 is 14.6 Å². The maximum atomic E-state index is 11.0. The molecule has 8 heteroatoms. The number of aromatic nitrogens is 1. The summed E-state index contributed by atoms with van der Waals surface area (Å²) in [5.41, 5.74) is -0.491. The van der Waals surface area contributed by atoms with Gasteiger partial charge in [0.2, 0.25) is 6.04 Å². The monoisotopic (exact) mass is 368 g/mol. The summed E-state index contributed by atoms with van der Waals surface area (Å²) >= 11 is 5.27. The third-order valence-electron chi connectivity index (χ3n) is 4.46. The van der Waals surface area contributed by atoms with E-state index in [1.165, 1.54) is 12.1 Å². The predicted octanol–water partition coefficient (Wildman–Crippen LogP) is 1.80. The maximum absolute atomic E-state index is 11.0. The normalized spacial score (nSPS) is 25.3. The molecule has 0 saturated carbocycles. The van der Waals surface area contributed by atoms with E-state index in [1.54, 1.807) is 36.0 Å². The number of non-ortho nitro benzene ring substituents is 1. The Morgan fingerprint density at radius 1 is 1.31 bits per heavy atom. The minimum absolute atomic E-state index is 0.0422. The third-order valence-corrected chi connectivity index (χ3v) is 4.78. The summed E-state index contributed by atoms with van der Waals surface area (Å²) in [5, 5.41) is 34.6. The van der Waals surface area contributed by atoms with Crippen LogP contribution >= 0.6 is 0 Å². The average Bonchev–Trinajstić information content (AvgIpc) is 2.61. The average molecular weight is 368 g/mol. The fraction of sp³-hybridized carbons (Fsp3) is 0.222. The topological polar surface area (TPSA) is 103 Å². The third kappa shape index (κ3) is 3.10. The molecule has 1 aliphatic heterocycles. The number of nitriles is 1. The van der Waals surface area contributed by atoms with E-state index in [0.29, 0.717) is 11.1 Å². The molecule has 0 saturated heterocycles. The number of hydrogen-bond acceptors (Lipinski definition) is 6. The zero-order chi connectivity index (χ0) is 18.9. The molecular formula is C18H16N4O3S. The SMILES string of the molecule is CC1(O)NC([S-])=C(C#N)C(c2ccc([N+](=O)[O-])cc2)C1[n+]1ccccc1. The van der Waals surface area contributed by atoms with Crippen LogP contribution in [0.15, 0.2) is 65.5 Å². The van der Waals surface area contributed by atoms with Gasteiger partial charge in [0.25, 0.3) is 5.69 Å². The van der Waals surface area contributed by atoms with Crippen LogP contribution in [-0.2, 0) is 12.6 Å². The molecule has 1 aliphatic rings. The molecule has 0 spiro atoms. The Balaban J connectivity index is 2.19. The summed E-state index contributed by atoms with van der Waals surface area (Å²) in [6.45, 7) is 1.59. The Morgan fingerprint density at radius 3 is 2.46 bits per heavy atom. The van der Waals surface area contributed by atoms with E-state index in [-0.39, 0.29) is 10.7 Å². The van der Waals surface area contributed by atoms with Gasteiger partial charge in [-0.3, -0.25) is 10.1 Å². The maximum Gasteiger partial charge on any atom is 0.269 e. The lowest BCUT2D eigenvalue weighted by molar-refractivity contribution is -0.741. The smallest absolute Gasteiger partial charge is 0.269 e. The first-order valence-corrected chi connectivity index (χ1v) is 8.28. The van der Waals surface area contributed by atoms with Crippen molar-refractivity contribution in [2.45, 2.75) is 24.6 Å². The lowest BCUT2D eigenvalue weighted by atomic mass is 9.78. The second-order valence-electron chi connectivity index (χ2n) is 6.22. The van der Waals surface area contributed by atoms with Gasteiger partial charge < -0.3 is 23.1 Å². The van der Waals surface area contributed by atoms with Crippen LogP contribution in [-0.4, -0.2) is 15.8 Å². The highest BCUT2D eigenvalue weighted by Crippen LogP contribution is 2.42. The van der Waals surface area contributed by atoms with Crippen molar-refractivity contribution >= 4 is 18.3 Å². The standard InChI is InChI=1S/C18H16N4O3S/c1-18(23)16(21-9-3-2-4-10-21)15(14(11-19)17(26)20-18)12-5-7-13(8-6-12)22(24)25/h2-10,15-16,20,23H,1H3. The molecule has 2 heterocycles. The summed E-state index contributed by atoms with van der Waals surface area (Å²) in [6, 6.07) is 13.0. The van der Waals surface area contributed by atoms with Gasteiger partial charge in [0.05, 0.1) is 16.9 Å². The van der Waals surface area contributed by atoms with Crippen molar-refractivity contribution in [3.63, 3.8) is 0 Å². The molecule has 1 aromatic carbocycles. The van der Waals surface area contributed by atoms with Gasteiger partial charge in [-0.1, -0.05) is 23.2 Å². The molecule has 0 bridgehead atoms. The first-order chi connectivity index (χ1) is 12.3. The molecule has 0 amide bonds. The number of nitro groups is 1. The van der Waals surface area contributed by atoms with Gasteiger partial charge in [-0.2, -0.15) is 9.83 Å². The number of pyridine rings is 1. The van der Waals surface area contributed by atoms with E-state index in [9.17, 15) is 20.5 Å². The largest absolute Gasteiger partial charge is 0.762 e. The predicted molar refractivity (Wildman–Crippen MR) is 95.3 cm³/mol. The highest BCUT2D eigenvalue weighted by molar-refractivity contribution is 7.63. The van der Waals surface area contributed by atoms with Crippen molar-refractivity contribution in [1.29, 1.82) is 5.26 Å². The molecule has 1 aromatic heterocycles. The van der Waals surface area contributed by atoms with Crippen molar-refractivity contribution in [3.05, 3.63) is 81.1 Å². The van der Waals surface area contributed by atoms with Crippen molar-refractivity contribution in [2.75, 3.05) is 0 Å². The molecular weight excluding hydrogens is 352 g/mol. The van der Waals surface area contributed by atoms with E-state index >= 15 is 0 Å². The Morgan fingerprint density at radius 2 is 1.92 bits per heavy atom. The number of nitrogens with zero attached hydrogens (tertiary/aromatic N) is 3. The lowest BCUT2D eigenvalue weighted by Gasteiger charge is -2.43. The molecule has 0 fully saturated rings. The number of hydrogen-bond donors (Lipinski definition) is 2. The Kier molecular flexibility index (Phi) is 4.59. The van der Waals surface area contributed by atoms with Crippen LogP contribution < -0.4 is 9.88 Å². The minimum atomic E-state index is -1.42. The number of nitro benzene ring substituents is 1. The number of benzene rings is 1. The van der Waals surface area contributed by atoms with Crippen LogP contribution in [0.2, 0.25) is 0 Å². The molecule has 2 N–H and O–H groups in total. The summed E-state index contributed by atoms with van der Waals surface area (Å²) in [4.78, 5) is 10.4. The van der Waals surface area contributed by atoms with Crippen LogP contribution in [0.4, 0.5) is 5.69 Å². The summed E-state index contributed by atoms with van der Waals surface area (Å²) in [7, 11) is 0. The zero-order valence-electron chi connectivity index (χ0n) is 13.9. The van der Waals surface area contributed by atoms with Gasteiger partial charge in [0, 0.05) is 29.8 Å². The Hall–Kier alpha value is -3.02. The van der Waals surface area contributed by atoms with Crippen LogP contribution in [0.25, 0.3) is 0 Å². The fourth-order valence-corrected chi connectivity index (χ4v) is 3.71. The molecule has 7 nitrogen and oxygen atoms in total. The Labute approximate surface area is 155 Å². The van der Waals surface area contributed by atoms with Gasteiger partial charge in [-0.05, 0) is 12.5 Å². The number of nitrogens with one attached hydrogen (secondary N) is 1. The highest BCUT2D eigenvalue weighted by Gasteiger charge is 2.50. The number of aliphatic hydroxyl groups is 1. The van der Waals surface area contributed by atoms with E-state index in [2.05, 4.69) is 11.4 Å². The zero-order valence-corrected chi connectivity index (χ0v) is 14.7. The number of allylic oxidation sites excluding steroid dienone is 1. The molecule has 2 aromatic rings. The van der Waals surface area contributed by atoms with Crippen LogP contribution in [0.3, 0.4) is 0 Å². The quantitative estimate of drug-likeness (QED) is 0.371. The first kappa shape index (κ1) is 17.8. The van der Waals surface area contributed by atoms with Crippen molar-refractivity contribution in [3.8, 4) is 6.07 Å². The Bertz CT molecular complexity index is 904. The second-order valence-corrected chi connectivity index (χ2v) is 6.63. The van der Waals surface area contributed by atoms with Crippen molar-refractivity contribution in [1.82, 2.24) is 5.32 Å². The molecule has 26 heavy (non-hydrogen) atoms. The van der Waals surface area contributed by atoms with Gasteiger partial charge in [0.15, 0.2) is 18.1 Å². The summed E-state index contributed by atoms with van der Waals surface area (Å²) in [5.74, 6) is -0.558. The van der Waals surface area contributed by atoms with E-state index in [1.807, 2.05) is 18.2 Å². The second kappa shape index (κ2) is 6.71. The van der Waals surface area contributed by atoms with Crippen LogP contribution in [0.5, 0.6) is 0 Å². The van der Waals surface area contributed by atoms with Gasteiger partial charge >= 0.3 is 0 Å². The van der Waals surface area contributed by atoms with Crippen molar-refractivity contribution in [2.24, 2.45) is 0 Å². The summed E-state index contributed by atoms with van der Waals surface area (Å²) in [6.07, 6.45) is 3.59. The van der Waals surface area contributed by atoms with E-state index in [4.69, 9.17) is 12.6 Å². The lowest BCUT2D eigenvalue weighted by Crippen LogP contribution is -2.63. The molecule has 0 radical (unpaired) electrons. The molecule has 3 atom stereocenters. The summed E-state index contributed by atoms with van der Waals surface area (Å²) < 4.78 is 1.80. The molecule has 0 aliphatic carbocycles. The highest BCUT2D eigenvalue weighted by atomic mass is 32.1. The fourth-order valence-electron chi connectivity index (χ4n) is 3.33. The molecule has 3 unspecified atom stereocenters. The van der Waals surface area contributed by atoms with Crippen LogP contribution in [0, 0.1) is 21.4 Å².